The van der Waals surface area contributed by atoms with E-state index in [4.69, 9.17) is 5.73 Å². The van der Waals surface area contributed by atoms with E-state index in [2.05, 4.69) is 0 Å². The molecule has 1 heterocycles. The van der Waals surface area contributed by atoms with Gasteiger partial charge in [-0.1, -0.05) is 30.3 Å². The number of carbonyl (C=O) groups excluding carboxylic acids is 2. The standard InChI is InChI=1S/C17H13N3O4/c18-17(22)14-10-19(15-4-2-1-3-13(14)15)16(21)9-11-5-7-12(8-6-11)20(23)24/h1-8,10H,9H2,(H2,18,22). The fraction of sp³-hybridized carbons (Fsp3) is 0.0588. The highest BCUT2D eigenvalue weighted by Gasteiger charge is 2.17. The van der Waals surface area contributed by atoms with Crippen LogP contribution in [0.3, 0.4) is 0 Å². The Morgan fingerprint density at radius 2 is 1.75 bits per heavy atom. The van der Waals surface area contributed by atoms with Crippen LogP contribution in [0.4, 0.5) is 5.69 Å². The first-order valence-corrected chi connectivity index (χ1v) is 7.14. The maximum atomic E-state index is 12.6. The third kappa shape index (κ3) is 2.74. The van der Waals surface area contributed by atoms with Gasteiger partial charge in [0.1, 0.15) is 0 Å². The van der Waals surface area contributed by atoms with E-state index in [-0.39, 0.29) is 23.6 Å². The van der Waals surface area contributed by atoms with E-state index >= 15 is 0 Å². The third-order valence-electron chi connectivity index (χ3n) is 3.75. The van der Waals surface area contributed by atoms with Crippen LogP contribution in [0.5, 0.6) is 0 Å². The predicted octanol–water partition coefficient (Wildman–Crippen LogP) is 2.53. The van der Waals surface area contributed by atoms with Gasteiger partial charge in [0.05, 0.1) is 22.4 Å². The minimum atomic E-state index is -0.604. The van der Waals surface area contributed by atoms with E-state index in [1.165, 1.54) is 35.0 Å². The number of carbonyl (C=O) groups is 2. The second-order valence-electron chi connectivity index (χ2n) is 5.29. The summed E-state index contributed by atoms with van der Waals surface area (Å²) in [4.78, 5) is 34.3. The van der Waals surface area contributed by atoms with Crippen molar-refractivity contribution in [1.29, 1.82) is 0 Å². The molecule has 7 heteroatoms. The van der Waals surface area contributed by atoms with Crippen molar-refractivity contribution in [3.05, 3.63) is 76.0 Å². The van der Waals surface area contributed by atoms with Crippen LogP contribution >= 0.6 is 0 Å². The van der Waals surface area contributed by atoms with Gasteiger partial charge in [0, 0.05) is 23.7 Å². The molecule has 24 heavy (non-hydrogen) atoms. The number of nitrogens with zero attached hydrogens (tertiary/aromatic N) is 2. The highest BCUT2D eigenvalue weighted by molar-refractivity contribution is 6.08. The lowest BCUT2D eigenvalue weighted by atomic mass is 10.1. The van der Waals surface area contributed by atoms with Crippen LogP contribution in [0.2, 0.25) is 0 Å². The number of hydrogen-bond donors (Lipinski definition) is 1. The van der Waals surface area contributed by atoms with Crippen LogP contribution in [0.15, 0.2) is 54.7 Å². The molecule has 1 aromatic heterocycles. The number of amides is 1. The second-order valence-corrected chi connectivity index (χ2v) is 5.29. The first kappa shape index (κ1) is 15.4. The Balaban J connectivity index is 1.94. The summed E-state index contributed by atoms with van der Waals surface area (Å²) < 4.78 is 1.39. The van der Waals surface area contributed by atoms with Gasteiger partial charge in [0.2, 0.25) is 5.91 Å². The largest absolute Gasteiger partial charge is 0.366 e. The van der Waals surface area contributed by atoms with Crippen LogP contribution in [-0.4, -0.2) is 21.3 Å². The lowest BCUT2D eigenvalue weighted by molar-refractivity contribution is -0.384. The van der Waals surface area contributed by atoms with Crippen molar-refractivity contribution >= 4 is 28.4 Å². The Bertz CT molecular complexity index is 958. The molecule has 3 rings (SSSR count). The molecule has 0 aliphatic carbocycles. The van der Waals surface area contributed by atoms with Gasteiger partial charge in [-0.3, -0.25) is 24.3 Å². The first-order valence-electron chi connectivity index (χ1n) is 7.14. The molecule has 0 radical (unpaired) electrons. The Morgan fingerprint density at radius 3 is 2.38 bits per heavy atom. The molecule has 0 unspecified atom stereocenters. The van der Waals surface area contributed by atoms with Crippen molar-refractivity contribution in [3.8, 4) is 0 Å². The van der Waals surface area contributed by atoms with Gasteiger partial charge >= 0.3 is 0 Å². The smallest absolute Gasteiger partial charge is 0.269 e. The van der Waals surface area contributed by atoms with Crippen LogP contribution in [0, 0.1) is 10.1 Å². The number of hydrogen-bond acceptors (Lipinski definition) is 4. The minimum Gasteiger partial charge on any atom is -0.366 e. The van der Waals surface area contributed by atoms with Crippen LogP contribution < -0.4 is 5.73 Å². The summed E-state index contributed by atoms with van der Waals surface area (Å²) in [7, 11) is 0. The summed E-state index contributed by atoms with van der Waals surface area (Å²) in [6, 6.07) is 12.8. The van der Waals surface area contributed by atoms with Crippen molar-refractivity contribution in [2.75, 3.05) is 0 Å². The van der Waals surface area contributed by atoms with Crippen LogP contribution in [0.25, 0.3) is 10.9 Å². The van der Waals surface area contributed by atoms with Gasteiger partial charge in [-0.15, -0.1) is 0 Å². The topological polar surface area (TPSA) is 108 Å². The zero-order valence-corrected chi connectivity index (χ0v) is 12.5. The molecule has 0 bridgehead atoms. The summed E-state index contributed by atoms with van der Waals surface area (Å²) in [5.41, 5.74) is 6.85. The number of non-ortho nitro benzene ring substituents is 1. The molecule has 0 aliphatic heterocycles. The van der Waals surface area contributed by atoms with Crippen molar-refractivity contribution in [3.63, 3.8) is 0 Å². The SMILES string of the molecule is NC(=O)c1cn(C(=O)Cc2ccc([N+](=O)[O-])cc2)c2ccccc12. The second kappa shape index (κ2) is 5.96. The molecule has 0 saturated carbocycles. The Hall–Kier alpha value is -3.48. The summed E-state index contributed by atoms with van der Waals surface area (Å²) in [5.74, 6) is -0.861. The third-order valence-corrected chi connectivity index (χ3v) is 3.75. The molecule has 2 aromatic carbocycles. The quantitative estimate of drug-likeness (QED) is 0.587. The molecule has 0 atom stereocenters. The fourth-order valence-electron chi connectivity index (χ4n) is 2.58. The number of primary amides is 1. The number of rotatable bonds is 4. The number of benzene rings is 2. The number of aromatic nitrogens is 1. The van der Waals surface area contributed by atoms with E-state index in [0.29, 0.717) is 16.5 Å². The molecule has 0 spiro atoms. The maximum Gasteiger partial charge on any atom is 0.269 e. The number of nitro groups is 1. The van der Waals surface area contributed by atoms with Gasteiger partial charge < -0.3 is 5.73 Å². The molecule has 1 amide bonds. The normalized spacial score (nSPS) is 10.7. The first-order chi connectivity index (χ1) is 11.5. The predicted molar refractivity (Wildman–Crippen MR) is 87.9 cm³/mol. The number of nitro benzene ring substituents is 1. The van der Waals surface area contributed by atoms with Crippen LogP contribution in [0.1, 0.15) is 20.7 Å². The van der Waals surface area contributed by atoms with Gasteiger partial charge in [0.25, 0.3) is 11.6 Å². The van der Waals surface area contributed by atoms with Crippen molar-refractivity contribution in [2.24, 2.45) is 5.73 Å². The average molecular weight is 323 g/mol. The Morgan fingerprint density at radius 1 is 1.08 bits per heavy atom. The number of nitrogens with two attached hydrogens (primary N) is 1. The fourth-order valence-corrected chi connectivity index (χ4v) is 2.58. The molecule has 0 saturated heterocycles. The zero-order valence-electron chi connectivity index (χ0n) is 12.5. The van der Waals surface area contributed by atoms with E-state index in [1.807, 2.05) is 0 Å². The highest BCUT2D eigenvalue weighted by atomic mass is 16.6. The highest BCUT2D eigenvalue weighted by Crippen LogP contribution is 2.22. The van der Waals surface area contributed by atoms with Gasteiger partial charge in [-0.05, 0) is 11.6 Å². The molecule has 7 nitrogen and oxygen atoms in total. The van der Waals surface area contributed by atoms with Gasteiger partial charge in [-0.25, -0.2) is 0 Å². The molecular formula is C17H13N3O4. The zero-order chi connectivity index (χ0) is 17.3. The molecule has 3 aromatic rings. The van der Waals surface area contributed by atoms with Gasteiger partial charge in [0.15, 0.2) is 0 Å². The lowest BCUT2D eigenvalue weighted by Crippen LogP contribution is -2.13. The van der Waals surface area contributed by atoms with E-state index in [1.54, 1.807) is 24.3 Å². The summed E-state index contributed by atoms with van der Waals surface area (Å²) in [6.07, 6.45) is 1.48. The van der Waals surface area contributed by atoms with E-state index < -0.39 is 10.8 Å². The number of para-hydroxylation sites is 1. The number of fused-ring (bicyclic) bond motifs is 1. The van der Waals surface area contributed by atoms with E-state index in [9.17, 15) is 19.7 Å². The molecule has 0 aliphatic rings. The average Bonchev–Trinajstić information content (AvgIpc) is 2.95. The Labute approximate surface area is 136 Å². The summed E-state index contributed by atoms with van der Waals surface area (Å²) in [5, 5.41) is 11.3. The summed E-state index contributed by atoms with van der Waals surface area (Å²) >= 11 is 0. The Kier molecular flexibility index (Phi) is 3.83. The summed E-state index contributed by atoms with van der Waals surface area (Å²) in [6.45, 7) is 0. The molecule has 2 N–H and O–H groups in total. The maximum absolute atomic E-state index is 12.6. The van der Waals surface area contributed by atoms with E-state index in [0.717, 1.165) is 0 Å². The lowest BCUT2D eigenvalue weighted by Gasteiger charge is -2.04. The molecule has 0 fully saturated rings. The van der Waals surface area contributed by atoms with Crippen LogP contribution in [-0.2, 0) is 6.42 Å². The molecular weight excluding hydrogens is 310 g/mol. The molecule has 120 valence electrons. The van der Waals surface area contributed by atoms with Crippen molar-refractivity contribution in [2.45, 2.75) is 6.42 Å². The van der Waals surface area contributed by atoms with Gasteiger partial charge in [-0.2, -0.15) is 0 Å². The monoisotopic (exact) mass is 323 g/mol. The van der Waals surface area contributed by atoms with Crippen molar-refractivity contribution in [1.82, 2.24) is 4.57 Å². The van der Waals surface area contributed by atoms with Crippen molar-refractivity contribution < 1.29 is 14.5 Å². The minimum absolute atomic E-state index is 0.0337.